The zero-order valence-corrected chi connectivity index (χ0v) is 22.1. The van der Waals surface area contributed by atoms with Crippen LogP contribution in [0.25, 0.3) is 5.76 Å². The van der Waals surface area contributed by atoms with Crippen molar-refractivity contribution in [3.8, 4) is 11.5 Å². The van der Waals surface area contributed by atoms with Crippen LogP contribution < -0.4 is 19.3 Å². The minimum atomic E-state index is -0.861. The van der Waals surface area contributed by atoms with Gasteiger partial charge in [-0.15, -0.1) is 0 Å². The molecule has 0 radical (unpaired) electrons. The predicted molar refractivity (Wildman–Crippen MR) is 146 cm³/mol. The summed E-state index contributed by atoms with van der Waals surface area (Å²) in [7, 11) is 5.30. The van der Waals surface area contributed by atoms with Crippen molar-refractivity contribution in [3.63, 3.8) is 0 Å². The lowest BCUT2D eigenvalue weighted by molar-refractivity contribution is -0.132. The molecule has 0 bridgehead atoms. The molecule has 4 rings (SSSR count). The number of Topliss-reactive ketones (excluding diaryl/α,β-unsaturated/α-hetero) is 1. The van der Waals surface area contributed by atoms with Gasteiger partial charge in [0, 0.05) is 31.0 Å². The van der Waals surface area contributed by atoms with Gasteiger partial charge in [-0.2, -0.15) is 0 Å². The molecule has 1 heterocycles. The molecule has 0 aliphatic carbocycles. The highest BCUT2D eigenvalue weighted by atomic mass is 35.5. The number of methoxy groups -OCH3 is 1. The number of hydrogen-bond donors (Lipinski definition) is 1. The quantitative estimate of drug-likeness (QED) is 0.240. The van der Waals surface area contributed by atoms with E-state index in [0.717, 1.165) is 5.69 Å². The highest BCUT2D eigenvalue weighted by Gasteiger charge is 2.47. The Balaban J connectivity index is 1.89. The number of amides is 1. The minimum absolute atomic E-state index is 0.00779. The monoisotopic (exact) mass is 520 g/mol. The molecule has 1 aliphatic heterocycles. The molecule has 1 unspecified atom stereocenters. The van der Waals surface area contributed by atoms with Crippen LogP contribution in [-0.4, -0.2) is 44.1 Å². The molecular weight excluding hydrogens is 492 g/mol. The number of aliphatic hydroxyl groups is 1. The molecule has 8 heteroatoms. The molecule has 37 heavy (non-hydrogen) atoms. The van der Waals surface area contributed by atoms with Crippen LogP contribution in [0.15, 0.2) is 72.3 Å². The summed E-state index contributed by atoms with van der Waals surface area (Å²) in [4.78, 5) is 30.1. The molecule has 0 saturated carbocycles. The maximum atomic E-state index is 13.4. The number of ether oxygens (including phenoxy) is 2. The van der Waals surface area contributed by atoms with Crippen molar-refractivity contribution in [2.75, 3.05) is 31.0 Å². The van der Waals surface area contributed by atoms with Gasteiger partial charge in [-0.05, 0) is 74.0 Å². The van der Waals surface area contributed by atoms with Gasteiger partial charge >= 0.3 is 0 Å². The van der Waals surface area contributed by atoms with Gasteiger partial charge in [0.1, 0.15) is 17.3 Å². The summed E-state index contributed by atoms with van der Waals surface area (Å²) in [6, 6.07) is 18.3. The standard InChI is InChI=1S/C29H29ClN2O5/c1-17(2)37-22-13-6-18(7-14-22)26-25(27(33)19-8-15-23(30)24(16-19)36-5)28(34)29(35)32(26)21-11-9-20(10-12-21)31(3)4/h6-17,26,33H,1-5H3/b27-25-. The molecule has 3 aromatic carbocycles. The summed E-state index contributed by atoms with van der Waals surface area (Å²) in [6.07, 6.45) is -0.00779. The molecule has 192 valence electrons. The van der Waals surface area contributed by atoms with E-state index >= 15 is 0 Å². The highest BCUT2D eigenvalue weighted by Crippen LogP contribution is 2.43. The first-order valence-corrected chi connectivity index (χ1v) is 12.2. The summed E-state index contributed by atoms with van der Waals surface area (Å²) in [6.45, 7) is 3.86. The van der Waals surface area contributed by atoms with Gasteiger partial charge < -0.3 is 19.5 Å². The Morgan fingerprint density at radius 1 is 1.00 bits per heavy atom. The van der Waals surface area contributed by atoms with Gasteiger partial charge in [0.25, 0.3) is 11.7 Å². The van der Waals surface area contributed by atoms with Gasteiger partial charge in [-0.3, -0.25) is 14.5 Å². The fourth-order valence-electron chi connectivity index (χ4n) is 4.29. The SMILES string of the molecule is COc1cc(/C(O)=C2/C(=O)C(=O)N(c3ccc(N(C)C)cc3)C2c2ccc(OC(C)C)cc2)ccc1Cl. The van der Waals surface area contributed by atoms with Crippen molar-refractivity contribution >= 4 is 40.4 Å². The van der Waals surface area contributed by atoms with Crippen molar-refractivity contribution in [2.24, 2.45) is 0 Å². The zero-order valence-electron chi connectivity index (χ0n) is 21.4. The minimum Gasteiger partial charge on any atom is -0.507 e. The number of benzene rings is 3. The fourth-order valence-corrected chi connectivity index (χ4v) is 4.48. The first-order valence-electron chi connectivity index (χ1n) is 11.8. The number of ketones is 1. The molecule has 1 atom stereocenters. The second-order valence-corrected chi connectivity index (χ2v) is 9.57. The molecule has 1 aliphatic rings. The van der Waals surface area contributed by atoms with Crippen molar-refractivity contribution in [2.45, 2.75) is 26.0 Å². The Morgan fingerprint density at radius 3 is 2.22 bits per heavy atom. The molecule has 7 nitrogen and oxygen atoms in total. The second-order valence-electron chi connectivity index (χ2n) is 9.16. The van der Waals surface area contributed by atoms with Gasteiger partial charge in [0.15, 0.2) is 0 Å². The molecule has 1 fully saturated rings. The fraction of sp³-hybridized carbons (Fsp3) is 0.241. The molecule has 0 aromatic heterocycles. The third kappa shape index (κ3) is 5.13. The average molecular weight is 521 g/mol. The number of halogens is 1. The van der Waals surface area contributed by atoms with E-state index in [1.165, 1.54) is 18.1 Å². The largest absolute Gasteiger partial charge is 0.507 e. The lowest BCUT2D eigenvalue weighted by Gasteiger charge is -2.26. The van der Waals surface area contributed by atoms with Crippen molar-refractivity contribution in [1.29, 1.82) is 0 Å². The third-order valence-corrected chi connectivity index (χ3v) is 6.39. The van der Waals surface area contributed by atoms with Crippen LogP contribution in [0.3, 0.4) is 0 Å². The normalized spacial score (nSPS) is 16.8. The van der Waals surface area contributed by atoms with E-state index in [1.54, 1.807) is 48.5 Å². The smallest absolute Gasteiger partial charge is 0.300 e. The number of anilines is 2. The van der Waals surface area contributed by atoms with Crippen LogP contribution in [0, 0.1) is 0 Å². The molecule has 1 amide bonds. The van der Waals surface area contributed by atoms with Crippen LogP contribution >= 0.6 is 11.6 Å². The number of carbonyl (C=O) groups is 2. The number of nitrogens with zero attached hydrogens (tertiary/aromatic N) is 2. The van der Waals surface area contributed by atoms with E-state index in [9.17, 15) is 14.7 Å². The maximum absolute atomic E-state index is 13.4. The Hall–Kier alpha value is -3.97. The van der Waals surface area contributed by atoms with Crippen LogP contribution in [0.5, 0.6) is 11.5 Å². The number of carbonyl (C=O) groups excluding carboxylic acids is 2. The Morgan fingerprint density at radius 2 is 1.65 bits per heavy atom. The van der Waals surface area contributed by atoms with Gasteiger partial charge in [0.05, 0.1) is 29.9 Å². The lowest BCUT2D eigenvalue weighted by Crippen LogP contribution is -2.29. The Labute approximate surface area is 221 Å². The van der Waals surface area contributed by atoms with Crippen LogP contribution in [-0.2, 0) is 9.59 Å². The zero-order chi connectivity index (χ0) is 26.9. The number of rotatable bonds is 7. The van der Waals surface area contributed by atoms with E-state index < -0.39 is 17.7 Å². The number of aliphatic hydroxyl groups excluding tert-OH is 1. The van der Waals surface area contributed by atoms with E-state index in [0.29, 0.717) is 33.3 Å². The molecular formula is C29H29ClN2O5. The van der Waals surface area contributed by atoms with Crippen molar-refractivity contribution in [3.05, 3.63) is 88.5 Å². The molecule has 1 N–H and O–H groups in total. The van der Waals surface area contributed by atoms with E-state index in [-0.39, 0.29) is 17.4 Å². The van der Waals surface area contributed by atoms with Gasteiger partial charge in [-0.1, -0.05) is 23.7 Å². The van der Waals surface area contributed by atoms with Crippen LogP contribution in [0.2, 0.25) is 5.02 Å². The average Bonchev–Trinajstić information content (AvgIpc) is 3.14. The van der Waals surface area contributed by atoms with Gasteiger partial charge in [0.2, 0.25) is 0 Å². The Bertz CT molecular complexity index is 1350. The first kappa shape index (κ1) is 26.1. The third-order valence-electron chi connectivity index (χ3n) is 6.08. The number of hydrogen-bond acceptors (Lipinski definition) is 6. The van der Waals surface area contributed by atoms with Gasteiger partial charge in [-0.25, -0.2) is 0 Å². The second kappa shape index (κ2) is 10.6. The van der Waals surface area contributed by atoms with Crippen molar-refractivity contribution in [1.82, 2.24) is 0 Å². The summed E-state index contributed by atoms with van der Waals surface area (Å²) < 4.78 is 11.0. The van der Waals surface area contributed by atoms with Crippen LogP contribution in [0.4, 0.5) is 11.4 Å². The lowest BCUT2D eigenvalue weighted by atomic mass is 9.95. The summed E-state index contributed by atoms with van der Waals surface area (Å²) in [5.74, 6) is -0.823. The predicted octanol–water partition coefficient (Wildman–Crippen LogP) is 5.83. The maximum Gasteiger partial charge on any atom is 0.300 e. The highest BCUT2D eigenvalue weighted by molar-refractivity contribution is 6.51. The van der Waals surface area contributed by atoms with E-state index in [4.69, 9.17) is 21.1 Å². The molecule has 1 saturated heterocycles. The first-order chi connectivity index (χ1) is 17.6. The summed E-state index contributed by atoms with van der Waals surface area (Å²) >= 11 is 6.16. The van der Waals surface area contributed by atoms with Crippen LogP contribution in [0.1, 0.15) is 31.0 Å². The summed E-state index contributed by atoms with van der Waals surface area (Å²) in [5.41, 5.74) is 2.42. The molecule has 0 spiro atoms. The molecule has 3 aromatic rings. The van der Waals surface area contributed by atoms with Crippen molar-refractivity contribution < 1.29 is 24.2 Å². The summed E-state index contributed by atoms with van der Waals surface area (Å²) in [5, 5.41) is 11.7. The van der Waals surface area contributed by atoms with E-state index in [1.807, 2.05) is 45.0 Å². The topological polar surface area (TPSA) is 79.3 Å². The van der Waals surface area contributed by atoms with E-state index in [2.05, 4.69) is 0 Å². The Kier molecular flexibility index (Phi) is 7.45.